The van der Waals surface area contributed by atoms with Crippen molar-refractivity contribution in [3.8, 4) is 11.3 Å². The molecule has 0 saturated heterocycles. The number of Topliss-reactive ketones (excluding diaryl/α,β-unsaturated/α-hetero) is 1. The van der Waals surface area contributed by atoms with E-state index >= 15 is 0 Å². The van der Waals surface area contributed by atoms with Crippen molar-refractivity contribution in [2.75, 3.05) is 0 Å². The van der Waals surface area contributed by atoms with E-state index in [2.05, 4.69) is 32.0 Å². The van der Waals surface area contributed by atoms with Gasteiger partial charge < -0.3 is 0 Å². The number of pyridine rings is 1. The number of ketones is 1. The molecule has 0 atom stereocenters. The van der Waals surface area contributed by atoms with E-state index in [1.165, 1.54) is 24.0 Å². The van der Waals surface area contributed by atoms with Crippen LogP contribution >= 0.6 is 0 Å². The van der Waals surface area contributed by atoms with E-state index in [0.29, 0.717) is 5.78 Å². The van der Waals surface area contributed by atoms with Crippen LogP contribution < -0.4 is 0 Å². The van der Waals surface area contributed by atoms with E-state index in [9.17, 15) is 4.79 Å². The minimum atomic E-state index is 0.179. The Labute approximate surface area is 148 Å². The van der Waals surface area contributed by atoms with Crippen molar-refractivity contribution >= 4 is 16.7 Å². The standard InChI is InChI=1S/C23H23NO/c1-15-11-16(2)13-18(12-15)22-14-20(23(25)17-7-3-4-8-17)19-9-5-6-10-21(19)24-22/h5-6,9-14,17H,3-4,7-8H2,1-2H3. The summed E-state index contributed by atoms with van der Waals surface area (Å²) in [5.74, 6) is 0.472. The molecule has 126 valence electrons. The van der Waals surface area contributed by atoms with E-state index in [1.54, 1.807) is 0 Å². The summed E-state index contributed by atoms with van der Waals surface area (Å²) in [7, 11) is 0. The largest absolute Gasteiger partial charge is 0.294 e. The molecule has 4 rings (SSSR count). The van der Waals surface area contributed by atoms with Crippen LogP contribution in [0.2, 0.25) is 0 Å². The number of aryl methyl sites for hydroxylation is 2. The second-order valence-electron chi connectivity index (χ2n) is 7.29. The van der Waals surface area contributed by atoms with Gasteiger partial charge in [0.2, 0.25) is 0 Å². The highest BCUT2D eigenvalue weighted by Crippen LogP contribution is 2.32. The number of nitrogens with zero attached hydrogens (tertiary/aromatic N) is 1. The highest BCUT2D eigenvalue weighted by atomic mass is 16.1. The number of para-hydroxylation sites is 1. The molecule has 1 aromatic heterocycles. The fourth-order valence-electron chi connectivity index (χ4n) is 4.06. The number of carbonyl (C=O) groups is 1. The molecule has 1 heterocycles. The molecule has 0 spiro atoms. The lowest BCUT2D eigenvalue weighted by molar-refractivity contribution is 0.0924. The summed E-state index contributed by atoms with van der Waals surface area (Å²) in [5.41, 5.74) is 6.16. The summed E-state index contributed by atoms with van der Waals surface area (Å²) in [6, 6.07) is 16.5. The summed E-state index contributed by atoms with van der Waals surface area (Å²) in [6.45, 7) is 4.20. The maximum atomic E-state index is 13.2. The number of hydrogen-bond acceptors (Lipinski definition) is 2. The van der Waals surface area contributed by atoms with Crippen LogP contribution in [0.15, 0.2) is 48.5 Å². The Balaban J connectivity index is 1.90. The van der Waals surface area contributed by atoms with Crippen LogP contribution in [-0.2, 0) is 0 Å². The van der Waals surface area contributed by atoms with Gasteiger partial charge in [-0.2, -0.15) is 0 Å². The Morgan fingerprint density at radius 2 is 1.64 bits per heavy atom. The summed E-state index contributed by atoms with van der Waals surface area (Å²) in [4.78, 5) is 18.0. The van der Waals surface area contributed by atoms with Crippen molar-refractivity contribution in [2.45, 2.75) is 39.5 Å². The number of hydrogen-bond donors (Lipinski definition) is 0. The Hall–Kier alpha value is -2.48. The Bertz CT molecular complexity index is 931. The fraction of sp³-hybridized carbons (Fsp3) is 0.304. The van der Waals surface area contributed by atoms with Gasteiger partial charge >= 0.3 is 0 Å². The molecule has 2 nitrogen and oxygen atoms in total. The van der Waals surface area contributed by atoms with E-state index < -0.39 is 0 Å². The molecule has 0 N–H and O–H groups in total. The predicted octanol–water partition coefficient (Wildman–Crippen LogP) is 5.89. The Kier molecular flexibility index (Phi) is 4.12. The van der Waals surface area contributed by atoms with E-state index in [4.69, 9.17) is 4.98 Å². The molecule has 0 bridgehead atoms. The highest BCUT2D eigenvalue weighted by Gasteiger charge is 2.25. The number of carbonyl (C=O) groups excluding carboxylic acids is 1. The maximum absolute atomic E-state index is 13.2. The van der Waals surface area contributed by atoms with Crippen molar-refractivity contribution in [2.24, 2.45) is 5.92 Å². The van der Waals surface area contributed by atoms with Crippen molar-refractivity contribution in [1.82, 2.24) is 4.98 Å². The van der Waals surface area contributed by atoms with Gasteiger partial charge in [-0.25, -0.2) is 4.98 Å². The molecule has 3 aromatic rings. The zero-order valence-electron chi connectivity index (χ0n) is 14.9. The summed E-state index contributed by atoms with van der Waals surface area (Å²) >= 11 is 0. The van der Waals surface area contributed by atoms with Crippen LogP contribution in [0.1, 0.15) is 47.2 Å². The van der Waals surface area contributed by atoms with Crippen molar-refractivity contribution < 1.29 is 4.79 Å². The average Bonchev–Trinajstić information content (AvgIpc) is 3.14. The lowest BCUT2D eigenvalue weighted by Crippen LogP contribution is -2.12. The molecule has 0 unspecified atom stereocenters. The topological polar surface area (TPSA) is 30.0 Å². The van der Waals surface area contributed by atoms with Crippen LogP contribution in [0, 0.1) is 19.8 Å². The number of fused-ring (bicyclic) bond motifs is 1. The van der Waals surface area contributed by atoms with E-state index in [0.717, 1.165) is 40.6 Å². The molecular formula is C23H23NO. The van der Waals surface area contributed by atoms with Crippen LogP contribution in [0.25, 0.3) is 22.2 Å². The van der Waals surface area contributed by atoms with E-state index in [1.807, 2.05) is 30.3 Å². The Morgan fingerprint density at radius 3 is 2.36 bits per heavy atom. The summed E-state index contributed by atoms with van der Waals surface area (Å²) < 4.78 is 0. The fourth-order valence-corrected chi connectivity index (χ4v) is 4.06. The predicted molar refractivity (Wildman–Crippen MR) is 103 cm³/mol. The van der Waals surface area contributed by atoms with Crippen LogP contribution in [0.4, 0.5) is 0 Å². The quantitative estimate of drug-likeness (QED) is 0.561. The second kappa shape index (κ2) is 6.44. The number of aromatic nitrogens is 1. The molecule has 2 heteroatoms. The first-order valence-electron chi connectivity index (χ1n) is 9.14. The van der Waals surface area contributed by atoms with Gasteiger partial charge in [0.1, 0.15) is 0 Å². The molecule has 1 saturated carbocycles. The molecule has 1 fully saturated rings. The maximum Gasteiger partial charge on any atom is 0.166 e. The normalized spacial score (nSPS) is 15.0. The first kappa shape index (κ1) is 16.0. The van der Waals surface area contributed by atoms with E-state index in [-0.39, 0.29) is 5.92 Å². The van der Waals surface area contributed by atoms with Gasteiger partial charge in [-0.3, -0.25) is 4.79 Å². The summed E-state index contributed by atoms with van der Waals surface area (Å²) in [6.07, 6.45) is 4.38. The SMILES string of the molecule is Cc1cc(C)cc(-c2cc(C(=O)C3CCCC3)c3ccccc3n2)c1. The first-order valence-corrected chi connectivity index (χ1v) is 9.14. The first-order chi connectivity index (χ1) is 12.1. The molecule has 25 heavy (non-hydrogen) atoms. The monoisotopic (exact) mass is 329 g/mol. The Morgan fingerprint density at radius 1 is 0.960 bits per heavy atom. The third-order valence-corrected chi connectivity index (χ3v) is 5.23. The second-order valence-corrected chi connectivity index (χ2v) is 7.29. The highest BCUT2D eigenvalue weighted by molar-refractivity contribution is 6.09. The summed E-state index contributed by atoms with van der Waals surface area (Å²) in [5, 5.41) is 0.979. The van der Waals surface area contributed by atoms with Crippen molar-refractivity contribution in [3.63, 3.8) is 0 Å². The van der Waals surface area contributed by atoms with Gasteiger partial charge in [0.25, 0.3) is 0 Å². The lowest BCUT2D eigenvalue weighted by Gasteiger charge is -2.13. The third kappa shape index (κ3) is 3.09. The third-order valence-electron chi connectivity index (χ3n) is 5.23. The zero-order valence-corrected chi connectivity index (χ0v) is 14.9. The van der Waals surface area contributed by atoms with Gasteiger partial charge in [0.15, 0.2) is 5.78 Å². The molecule has 0 amide bonds. The molecule has 1 aliphatic carbocycles. The van der Waals surface area contributed by atoms with Crippen molar-refractivity contribution in [3.05, 3.63) is 65.2 Å². The molecule has 0 radical (unpaired) electrons. The smallest absolute Gasteiger partial charge is 0.166 e. The number of rotatable bonds is 3. The van der Waals surface area contributed by atoms with Crippen molar-refractivity contribution in [1.29, 1.82) is 0 Å². The van der Waals surface area contributed by atoms with Gasteiger partial charge in [0, 0.05) is 22.4 Å². The van der Waals surface area contributed by atoms with Gasteiger partial charge in [-0.1, -0.05) is 48.2 Å². The van der Waals surface area contributed by atoms with Crippen LogP contribution in [-0.4, -0.2) is 10.8 Å². The zero-order chi connectivity index (χ0) is 17.4. The van der Waals surface area contributed by atoms with Gasteiger partial charge in [-0.15, -0.1) is 0 Å². The van der Waals surface area contributed by atoms with Gasteiger partial charge in [0.05, 0.1) is 11.2 Å². The van der Waals surface area contributed by atoms with Crippen LogP contribution in [0.5, 0.6) is 0 Å². The average molecular weight is 329 g/mol. The lowest BCUT2D eigenvalue weighted by atomic mass is 9.92. The van der Waals surface area contributed by atoms with Crippen LogP contribution in [0.3, 0.4) is 0 Å². The molecule has 2 aromatic carbocycles. The molecular weight excluding hydrogens is 306 g/mol. The minimum Gasteiger partial charge on any atom is -0.294 e. The minimum absolute atomic E-state index is 0.179. The molecule has 0 aliphatic heterocycles. The molecule has 1 aliphatic rings. The van der Waals surface area contributed by atoms with Gasteiger partial charge in [-0.05, 0) is 51.0 Å². The number of benzene rings is 2.